The van der Waals surface area contributed by atoms with Crippen LogP contribution in [-0.4, -0.2) is 40.2 Å². The molecule has 0 spiro atoms. The molecule has 126 valence electrons. The summed E-state index contributed by atoms with van der Waals surface area (Å²) in [5.41, 5.74) is 6.62. The molecule has 1 saturated heterocycles. The number of likely N-dealkylation sites (tertiary alicyclic amines) is 1. The molecule has 2 N–H and O–H groups in total. The summed E-state index contributed by atoms with van der Waals surface area (Å²) in [4.78, 5) is 13.9. The summed E-state index contributed by atoms with van der Waals surface area (Å²) >= 11 is 3.28. The first-order valence-corrected chi connectivity index (χ1v) is 8.53. The Balaban J connectivity index is 1.69. The molecule has 2 heterocycles. The van der Waals surface area contributed by atoms with Crippen LogP contribution in [0.5, 0.6) is 0 Å². The molecule has 3 rings (SSSR count). The first-order valence-electron chi connectivity index (χ1n) is 7.74. The number of nitrogens with zero attached hydrogens (tertiary/aromatic N) is 3. The van der Waals surface area contributed by atoms with Gasteiger partial charge in [0.2, 0.25) is 5.91 Å². The number of nitrogens with two attached hydrogens (primary N) is 1. The number of carbonyl (C=O) groups excluding carboxylic acids is 1. The molecule has 5 nitrogen and oxygen atoms in total. The van der Waals surface area contributed by atoms with Crippen molar-refractivity contribution in [3.05, 3.63) is 52.5 Å². The van der Waals surface area contributed by atoms with Crippen LogP contribution in [0.25, 0.3) is 11.8 Å². The third kappa shape index (κ3) is 3.73. The van der Waals surface area contributed by atoms with E-state index in [1.54, 1.807) is 35.5 Å². The lowest BCUT2D eigenvalue weighted by molar-refractivity contribution is -0.125. The highest BCUT2D eigenvalue weighted by Gasteiger charge is 2.23. The summed E-state index contributed by atoms with van der Waals surface area (Å²) in [7, 11) is 0. The highest BCUT2D eigenvalue weighted by Crippen LogP contribution is 2.19. The third-order valence-electron chi connectivity index (χ3n) is 4.12. The molecule has 24 heavy (non-hydrogen) atoms. The molecule has 1 aliphatic rings. The number of halogens is 2. The van der Waals surface area contributed by atoms with Crippen LogP contribution < -0.4 is 5.73 Å². The van der Waals surface area contributed by atoms with Gasteiger partial charge in [0, 0.05) is 25.4 Å². The highest BCUT2D eigenvalue weighted by molar-refractivity contribution is 9.10. The Kier molecular flexibility index (Phi) is 5.11. The summed E-state index contributed by atoms with van der Waals surface area (Å²) in [6.07, 6.45) is 7.33. The van der Waals surface area contributed by atoms with Crippen molar-refractivity contribution in [1.29, 1.82) is 0 Å². The molecule has 1 aliphatic heterocycles. The predicted octanol–water partition coefficient (Wildman–Crippen LogP) is 2.59. The van der Waals surface area contributed by atoms with Crippen LogP contribution in [0.4, 0.5) is 4.39 Å². The van der Waals surface area contributed by atoms with Crippen molar-refractivity contribution in [1.82, 2.24) is 14.7 Å². The second-order valence-corrected chi connectivity index (χ2v) is 6.74. The maximum atomic E-state index is 14.2. The molecule has 1 aromatic heterocycles. The number of carbonyl (C=O) groups is 1. The fourth-order valence-electron chi connectivity index (χ4n) is 2.74. The van der Waals surface area contributed by atoms with Gasteiger partial charge in [-0.05, 0) is 58.6 Å². The van der Waals surface area contributed by atoms with Gasteiger partial charge in [-0.3, -0.25) is 4.79 Å². The minimum absolute atomic E-state index is 0.0635. The average Bonchev–Trinajstić information content (AvgIpc) is 3.21. The molecule has 1 fully saturated rings. The van der Waals surface area contributed by atoms with Crippen LogP contribution >= 0.6 is 15.9 Å². The molecular formula is C17H18BrFN4O. The number of aromatic nitrogens is 2. The first kappa shape index (κ1) is 16.9. The Labute approximate surface area is 148 Å². The summed E-state index contributed by atoms with van der Waals surface area (Å²) in [6.45, 7) is 2.03. The van der Waals surface area contributed by atoms with Gasteiger partial charge >= 0.3 is 0 Å². The molecule has 0 radical (unpaired) electrons. The van der Waals surface area contributed by atoms with Gasteiger partial charge < -0.3 is 10.6 Å². The van der Waals surface area contributed by atoms with Crippen LogP contribution in [0, 0.1) is 11.7 Å². The molecule has 1 unspecified atom stereocenters. The number of hydrogen-bond donors (Lipinski definition) is 1. The van der Waals surface area contributed by atoms with Crippen molar-refractivity contribution >= 4 is 27.9 Å². The van der Waals surface area contributed by atoms with Gasteiger partial charge in [-0.15, -0.1) is 0 Å². The normalized spacial score (nSPS) is 17.8. The summed E-state index contributed by atoms with van der Waals surface area (Å²) < 4.78 is 16.5. The molecule has 0 saturated carbocycles. The third-order valence-corrected chi connectivity index (χ3v) is 4.53. The van der Waals surface area contributed by atoms with Gasteiger partial charge in [0.15, 0.2) is 0 Å². The van der Waals surface area contributed by atoms with E-state index in [4.69, 9.17) is 5.73 Å². The number of amides is 1. The van der Waals surface area contributed by atoms with Crippen molar-refractivity contribution in [3.8, 4) is 5.69 Å². The monoisotopic (exact) mass is 392 g/mol. The van der Waals surface area contributed by atoms with Crippen LogP contribution in [0.2, 0.25) is 0 Å². The van der Waals surface area contributed by atoms with Crippen molar-refractivity contribution in [3.63, 3.8) is 0 Å². The molecule has 0 aliphatic carbocycles. The zero-order valence-electron chi connectivity index (χ0n) is 13.0. The van der Waals surface area contributed by atoms with E-state index < -0.39 is 5.82 Å². The minimum atomic E-state index is -0.399. The van der Waals surface area contributed by atoms with Gasteiger partial charge in [0.1, 0.15) is 11.5 Å². The van der Waals surface area contributed by atoms with Crippen molar-refractivity contribution in [2.45, 2.75) is 6.42 Å². The zero-order chi connectivity index (χ0) is 17.1. The van der Waals surface area contributed by atoms with Gasteiger partial charge in [0.05, 0.1) is 10.7 Å². The standard InChI is InChI=1S/C17H18BrFN4O/c18-14-9-21-23(11-14)16-3-1-12(7-15(16)19)2-4-17(24)22-6-5-13(8-20)10-22/h1-4,7,9,11,13H,5-6,8,10,20H2. The molecule has 0 bridgehead atoms. The van der Waals surface area contributed by atoms with E-state index in [0.717, 1.165) is 17.4 Å². The molecule has 1 atom stereocenters. The lowest BCUT2D eigenvalue weighted by atomic mass is 10.1. The van der Waals surface area contributed by atoms with E-state index in [0.29, 0.717) is 30.3 Å². The second kappa shape index (κ2) is 7.27. The number of benzene rings is 1. The van der Waals surface area contributed by atoms with E-state index >= 15 is 0 Å². The number of rotatable bonds is 4. The van der Waals surface area contributed by atoms with Crippen molar-refractivity contribution in [2.75, 3.05) is 19.6 Å². The van der Waals surface area contributed by atoms with E-state index in [1.807, 2.05) is 0 Å². The lowest BCUT2D eigenvalue weighted by Gasteiger charge is -2.13. The molecule has 7 heteroatoms. The first-order chi connectivity index (χ1) is 11.6. The highest BCUT2D eigenvalue weighted by atomic mass is 79.9. The topological polar surface area (TPSA) is 64.2 Å². The molecule has 1 amide bonds. The van der Waals surface area contributed by atoms with Crippen molar-refractivity contribution < 1.29 is 9.18 Å². The Hall–Kier alpha value is -1.99. The van der Waals surface area contributed by atoms with E-state index in [1.165, 1.54) is 16.8 Å². The van der Waals surface area contributed by atoms with Crippen LogP contribution in [0.1, 0.15) is 12.0 Å². The fourth-order valence-corrected chi connectivity index (χ4v) is 3.03. The average molecular weight is 393 g/mol. The predicted molar refractivity (Wildman–Crippen MR) is 94.0 cm³/mol. The summed E-state index contributed by atoms with van der Waals surface area (Å²) in [5, 5.41) is 4.06. The largest absolute Gasteiger partial charge is 0.339 e. The lowest BCUT2D eigenvalue weighted by Crippen LogP contribution is -2.28. The van der Waals surface area contributed by atoms with Crippen molar-refractivity contribution in [2.24, 2.45) is 11.7 Å². The Morgan fingerprint density at radius 2 is 2.33 bits per heavy atom. The maximum Gasteiger partial charge on any atom is 0.246 e. The van der Waals surface area contributed by atoms with Gasteiger partial charge in [-0.1, -0.05) is 6.07 Å². The Morgan fingerprint density at radius 1 is 1.50 bits per heavy atom. The minimum Gasteiger partial charge on any atom is -0.339 e. The van der Waals surface area contributed by atoms with Crippen LogP contribution in [0.3, 0.4) is 0 Å². The molecule has 1 aromatic carbocycles. The summed E-state index contributed by atoms with van der Waals surface area (Å²) in [6, 6.07) is 4.78. The molecular weight excluding hydrogens is 375 g/mol. The second-order valence-electron chi connectivity index (χ2n) is 5.82. The molecule has 2 aromatic rings. The Bertz CT molecular complexity index is 774. The maximum absolute atomic E-state index is 14.2. The zero-order valence-corrected chi connectivity index (χ0v) is 14.6. The smallest absolute Gasteiger partial charge is 0.246 e. The van der Waals surface area contributed by atoms with E-state index in [9.17, 15) is 9.18 Å². The van der Waals surface area contributed by atoms with Crippen LogP contribution in [0.15, 0.2) is 41.1 Å². The van der Waals surface area contributed by atoms with E-state index in [-0.39, 0.29) is 5.91 Å². The fraction of sp³-hybridized carbons (Fsp3) is 0.294. The SMILES string of the molecule is NCC1CCN(C(=O)C=Cc2ccc(-n3cc(Br)cn3)c(F)c2)C1. The Morgan fingerprint density at radius 3 is 2.96 bits per heavy atom. The van der Waals surface area contributed by atoms with Gasteiger partial charge in [0.25, 0.3) is 0 Å². The van der Waals surface area contributed by atoms with Gasteiger partial charge in [-0.2, -0.15) is 5.10 Å². The van der Waals surface area contributed by atoms with E-state index in [2.05, 4.69) is 21.0 Å². The number of hydrogen-bond acceptors (Lipinski definition) is 3. The van der Waals surface area contributed by atoms with Crippen LogP contribution in [-0.2, 0) is 4.79 Å². The quantitative estimate of drug-likeness (QED) is 0.813. The summed E-state index contributed by atoms with van der Waals surface area (Å²) in [5.74, 6) is -0.0801. The van der Waals surface area contributed by atoms with Gasteiger partial charge in [-0.25, -0.2) is 9.07 Å².